The molecule has 3 rings (SSSR count). The Morgan fingerprint density at radius 1 is 1.48 bits per heavy atom. The van der Waals surface area contributed by atoms with Crippen LogP contribution in [0.25, 0.3) is 0 Å². The number of rotatable bonds is 1. The largest absolute Gasteiger partial charge is 0.457 e. The molecule has 1 saturated carbocycles. The van der Waals surface area contributed by atoms with Crippen molar-refractivity contribution in [2.75, 3.05) is 0 Å². The lowest BCUT2D eigenvalue weighted by atomic mass is 9.61. The summed E-state index contributed by atoms with van der Waals surface area (Å²) in [7, 11) is 0. The molecule has 0 aromatic carbocycles. The fourth-order valence-electron chi connectivity index (χ4n) is 4.15. The predicted octanol–water partition coefficient (Wildman–Crippen LogP) is 3.13. The highest BCUT2D eigenvalue weighted by atomic mass is 16.6. The molecule has 1 aliphatic heterocycles. The van der Waals surface area contributed by atoms with E-state index in [0.717, 1.165) is 30.4 Å². The smallest absolute Gasteiger partial charge is 0.309 e. The van der Waals surface area contributed by atoms with Crippen LogP contribution in [0.4, 0.5) is 0 Å². The molecule has 0 spiro atoms. The molecule has 2 fully saturated rings. The van der Waals surface area contributed by atoms with Gasteiger partial charge in [-0.2, -0.15) is 0 Å². The third kappa shape index (κ3) is 2.12. The quantitative estimate of drug-likeness (QED) is 0.696. The first kappa shape index (κ1) is 14.4. The molecule has 4 atom stereocenters. The molecule has 0 N–H and O–H groups in total. The van der Waals surface area contributed by atoms with Crippen LogP contribution in [-0.2, 0) is 19.1 Å². The fourth-order valence-corrected chi connectivity index (χ4v) is 4.15. The highest BCUT2D eigenvalue weighted by Crippen LogP contribution is 2.55. The lowest BCUT2D eigenvalue weighted by Crippen LogP contribution is -2.40. The Morgan fingerprint density at radius 2 is 2.19 bits per heavy atom. The van der Waals surface area contributed by atoms with Gasteiger partial charge in [0.2, 0.25) is 0 Å². The first-order valence-corrected chi connectivity index (χ1v) is 7.64. The number of fused-ring (bicyclic) bond motifs is 3. The molecule has 0 amide bonds. The minimum absolute atomic E-state index is 0.0131. The summed E-state index contributed by atoms with van der Waals surface area (Å²) in [5.74, 6) is 0.438. The van der Waals surface area contributed by atoms with E-state index in [1.54, 1.807) is 0 Å². The number of carbonyl (C=O) groups is 2. The minimum atomic E-state index is -0.311. The highest BCUT2D eigenvalue weighted by molar-refractivity contribution is 5.76. The zero-order valence-electron chi connectivity index (χ0n) is 13.1. The van der Waals surface area contributed by atoms with Gasteiger partial charge in [0, 0.05) is 12.8 Å². The first-order valence-electron chi connectivity index (χ1n) is 7.64. The van der Waals surface area contributed by atoms with Crippen LogP contribution in [0, 0.1) is 17.3 Å². The summed E-state index contributed by atoms with van der Waals surface area (Å²) in [5.41, 5.74) is 2.14. The molecule has 2 aliphatic carbocycles. The predicted molar refractivity (Wildman–Crippen MR) is 77.0 cm³/mol. The van der Waals surface area contributed by atoms with E-state index < -0.39 is 0 Å². The van der Waals surface area contributed by atoms with E-state index in [2.05, 4.69) is 6.92 Å². The number of esters is 2. The van der Waals surface area contributed by atoms with Gasteiger partial charge in [-0.15, -0.1) is 0 Å². The van der Waals surface area contributed by atoms with Gasteiger partial charge in [0.1, 0.15) is 11.9 Å². The molecule has 0 aromatic rings. The van der Waals surface area contributed by atoms with Crippen molar-refractivity contribution in [3.8, 4) is 0 Å². The molecule has 1 heterocycles. The van der Waals surface area contributed by atoms with Crippen molar-refractivity contribution in [1.82, 2.24) is 0 Å². The van der Waals surface area contributed by atoms with Gasteiger partial charge in [0.25, 0.3) is 0 Å². The van der Waals surface area contributed by atoms with Crippen LogP contribution in [0.15, 0.2) is 23.0 Å². The third-order valence-corrected chi connectivity index (χ3v) is 5.38. The van der Waals surface area contributed by atoms with E-state index in [0.29, 0.717) is 5.76 Å². The summed E-state index contributed by atoms with van der Waals surface area (Å²) in [6.07, 6.45) is 4.75. The maximum atomic E-state index is 11.9. The molecule has 4 nitrogen and oxygen atoms in total. The van der Waals surface area contributed by atoms with E-state index in [1.807, 2.05) is 19.9 Å². The molecule has 0 aromatic heterocycles. The van der Waals surface area contributed by atoms with Gasteiger partial charge in [-0.05, 0) is 48.8 Å². The van der Waals surface area contributed by atoms with Crippen LogP contribution in [0.1, 0.15) is 47.0 Å². The van der Waals surface area contributed by atoms with Gasteiger partial charge in [-0.1, -0.05) is 13.8 Å². The number of carbonyl (C=O) groups excluding carboxylic acids is 2. The Kier molecular flexibility index (Phi) is 3.23. The number of hydrogen-bond acceptors (Lipinski definition) is 4. The SMILES string of the molecule is CC(=O)OC1=CC[C@]2(C)CC[C@H]3[C@H](C)C(=O)O[C@@H]3C2=C1C. The van der Waals surface area contributed by atoms with E-state index in [-0.39, 0.29) is 35.3 Å². The van der Waals surface area contributed by atoms with Gasteiger partial charge >= 0.3 is 11.9 Å². The van der Waals surface area contributed by atoms with Crippen LogP contribution in [-0.4, -0.2) is 18.0 Å². The molecule has 0 unspecified atom stereocenters. The first-order chi connectivity index (χ1) is 9.83. The van der Waals surface area contributed by atoms with Crippen LogP contribution < -0.4 is 0 Å². The van der Waals surface area contributed by atoms with E-state index in [4.69, 9.17) is 9.47 Å². The normalized spacial score (nSPS) is 38.4. The van der Waals surface area contributed by atoms with Crippen molar-refractivity contribution < 1.29 is 19.1 Å². The summed E-state index contributed by atoms with van der Waals surface area (Å²) in [5, 5.41) is 0. The maximum Gasteiger partial charge on any atom is 0.309 e. The Labute approximate surface area is 125 Å². The lowest BCUT2D eigenvalue weighted by Gasteiger charge is -2.45. The molecule has 21 heavy (non-hydrogen) atoms. The van der Waals surface area contributed by atoms with Crippen LogP contribution in [0.3, 0.4) is 0 Å². The van der Waals surface area contributed by atoms with Gasteiger partial charge in [-0.3, -0.25) is 9.59 Å². The second kappa shape index (κ2) is 4.72. The van der Waals surface area contributed by atoms with Crippen molar-refractivity contribution in [3.63, 3.8) is 0 Å². The zero-order chi connectivity index (χ0) is 15.4. The van der Waals surface area contributed by atoms with E-state index in [9.17, 15) is 9.59 Å². The Morgan fingerprint density at radius 3 is 2.86 bits per heavy atom. The molecular weight excluding hydrogens is 268 g/mol. The van der Waals surface area contributed by atoms with E-state index in [1.165, 1.54) is 6.92 Å². The summed E-state index contributed by atoms with van der Waals surface area (Å²) in [4.78, 5) is 23.2. The number of ether oxygens (including phenoxy) is 2. The average molecular weight is 290 g/mol. The van der Waals surface area contributed by atoms with Crippen LogP contribution in [0.5, 0.6) is 0 Å². The van der Waals surface area contributed by atoms with Crippen molar-refractivity contribution in [3.05, 3.63) is 23.0 Å². The topological polar surface area (TPSA) is 52.6 Å². The van der Waals surface area contributed by atoms with Crippen LogP contribution in [0.2, 0.25) is 0 Å². The van der Waals surface area contributed by atoms with E-state index >= 15 is 0 Å². The summed E-state index contributed by atoms with van der Waals surface area (Å²) in [6.45, 7) is 7.56. The number of allylic oxidation sites excluding steroid dienone is 2. The van der Waals surface area contributed by atoms with Gasteiger partial charge in [0.15, 0.2) is 0 Å². The van der Waals surface area contributed by atoms with Crippen molar-refractivity contribution >= 4 is 11.9 Å². The summed E-state index contributed by atoms with van der Waals surface area (Å²) >= 11 is 0. The highest BCUT2D eigenvalue weighted by Gasteiger charge is 2.53. The maximum absolute atomic E-state index is 11.9. The molecule has 114 valence electrons. The molecule has 3 aliphatic rings. The summed E-state index contributed by atoms with van der Waals surface area (Å²) < 4.78 is 11.0. The Hall–Kier alpha value is -1.58. The molecular formula is C17H22O4. The Balaban J connectivity index is 2.02. The van der Waals surface area contributed by atoms with Crippen molar-refractivity contribution in [2.24, 2.45) is 17.3 Å². The molecule has 4 heteroatoms. The zero-order valence-corrected chi connectivity index (χ0v) is 13.1. The fraction of sp³-hybridized carbons (Fsp3) is 0.647. The second-order valence-electron chi connectivity index (χ2n) is 6.81. The average Bonchev–Trinajstić information content (AvgIpc) is 2.68. The second-order valence-corrected chi connectivity index (χ2v) is 6.81. The van der Waals surface area contributed by atoms with Gasteiger partial charge < -0.3 is 9.47 Å². The Bertz CT molecular complexity index is 571. The van der Waals surface area contributed by atoms with Gasteiger partial charge in [-0.25, -0.2) is 0 Å². The molecule has 0 bridgehead atoms. The standard InChI is InChI=1S/C17H22O4/c1-9-12-5-7-17(4)8-6-13(20-11(3)18)10(2)14(17)15(12)21-16(9)19/h6,9,12,15H,5,7-8H2,1-4H3/t9-,12-,15-,17-/m0/s1. The molecule has 0 radical (unpaired) electrons. The summed E-state index contributed by atoms with van der Waals surface area (Å²) in [6, 6.07) is 0. The monoisotopic (exact) mass is 290 g/mol. The lowest BCUT2D eigenvalue weighted by molar-refractivity contribution is -0.143. The number of hydrogen-bond donors (Lipinski definition) is 0. The minimum Gasteiger partial charge on any atom is -0.457 e. The van der Waals surface area contributed by atoms with Crippen LogP contribution >= 0.6 is 0 Å². The van der Waals surface area contributed by atoms with Gasteiger partial charge in [0.05, 0.1) is 5.92 Å². The van der Waals surface area contributed by atoms with Crippen molar-refractivity contribution in [2.45, 2.75) is 53.1 Å². The van der Waals surface area contributed by atoms with Crippen molar-refractivity contribution in [1.29, 1.82) is 0 Å². The molecule has 1 saturated heterocycles. The third-order valence-electron chi connectivity index (χ3n) is 5.38.